The largest absolute Gasteiger partial charge is 0.490 e. The first-order chi connectivity index (χ1) is 17.3. The molecule has 0 fully saturated rings. The first-order valence-corrected chi connectivity index (χ1v) is 12.6. The Morgan fingerprint density at radius 1 is 0.971 bits per heavy atom. The molecule has 0 N–H and O–H groups in total. The summed E-state index contributed by atoms with van der Waals surface area (Å²) < 4.78 is 12.4. The molecule has 0 aliphatic carbocycles. The van der Waals surface area contributed by atoms with Gasteiger partial charge in [0, 0.05) is 24.9 Å². The topological polar surface area (TPSA) is 40.5 Å². The highest BCUT2D eigenvalue weighted by molar-refractivity contribution is 5.93. The van der Waals surface area contributed by atoms with Crippen LogP contribution < -0.4 is 19.3 Å². The number of para-hydroxylation sites is 3. The summed E-state index contributed by atoms with van der Waals surface area (Å²) in [5, 5.41) is 0. The van der Waals surface area contributed by atoms with E-state index in [-0.39, 0.29) is 6.29 Å². The van der Waals surface area contributed by atoms with Gasteiger partial charge in [0.15, 0.2) is 6.29 Å². The fraction of sp³-hybridized carbons (Fsp3) is 0.345. The minimum Gasteiger partial charge on any atom is -0.490 e. The first kappa shape index (κ1) is 23.2. The number of aliphatic imine (C=N–C) groups is 1. The van der Waals surface area contributed by atoms with Crippen LogP contribution in [0.15, 0.2) is 77.8 Å². The molecule has 35 heavy (non-hydrogen) atoms. The van der Waals surface area contributed by atoms with Crippen molar-refractivity contribution in [2.24, 2.45) is 4.99 Å². The van der Waals surface area contributed by atoms with Crippen LogP contribution in [0.2, 0.25) is 0 Å². The fourth-order valence-corrected chi connectivity index (χ4v) is 4.86. The number of nitrogens with zero attached hydrogens (tertiary/aromatic N) is 4. The van der Waals surface area contributed by atoms with Crippen molar-refractivity contribution in [2.45, 2.75) is 26.7 Å². The molecule has 3 aromatic rings. The Morgan fingerprint density at radius 2 is 1.77 bits per heavy atom. The van der Waals surface area contributed by atoms with Crippen molar-refractivity contribution >= 4 is 17.6 Å². The van der Waals surface area contributed by atoms with E-state index in [0.717, 1.165) is 61.2 Å². The lowest BCUT2D eigenvalue weighted by atomic mass is 10.1. The van der Waals surface area contributed by atoms with Crippen molar-refractivity contribution in [3.63, 3.8) is 0 Å². The van der Waals surface area contributed by atoms with Crippen LogP contribution in [0.4, 0.5) is 11.4 Å². The van der Waals surface area contributed by atoms with Crippen molar-refractivity contribution in [3.8, 4) is 11.5 Å². The third-order valence-electron chi connectivity index (χ3n) is 6.74. The summed E-state index contributed by atoms with van der Waals surface area (Å²) in [6, 6.07) is 25.1. The lowest BCUT2D eigenvalue weighted by Crippen LogP contribution is -2.52. The number of anilines is 2. The highest BCUT2D eigenvalue weighted by atomic mass is 16.5. The Kier molecular flexibility index (Phi) is 7.19. The molecular formula is C29H34N4O2. The van der Waals surface area contributed by atoms with E-state index >= 15 is 0 Å². The van der Waals surface area contributed by atoms with Crippen LogP contribution in [-0.4, -0.2) is 56.8 Å². The Labute approximate surface area is 208 Å². The Balaban J connectivity index is 1.51. The van der Waals surface area contributed by atoms with Gasteiger partial charge in [-0.05, 0) is 36.9 Å². The quantitative estimate of drug-likeness (QED) is 0.439. The first-order valence-electron chi connectivity index (χ1n) is 12.6. The minimum absolute atomic E-state index is 0.194. The summed E-state index contributed by atoms with van der Waals surface area (Å²) >= 11 is 0. The third-order valence-corrected chi connectivity index (χ3v) is 6.74. The lowest BCUT2D eigenvalue weighted by Gasteiger charge is -2.44. The van der Waals surface area contributed by atoms with E-state index in [2.05, 4.69) is 89.2 Å². The lowest BCUT2D eigenvalue weighted by molar-refractivity contribution is 0.222. The van der Waals surface area contributed by atoms with Crippen LogP contribution >= 0.6 is 0 Å². The van der Waals surface area contributed by atoms with Gasteiger partial charge in [0.05, 0.1) is 17.9 Å². The summed E-state index contributed by atoms with van der Waals surface area (Å²) in [6.07, 6.45) is 1.80. The molecule has 0 bridgehead atoms. The second-order valence-corrected chi connectivity index (χ2v) is 8.82. The number of likely N-dealkylation sites (N-methyl/N-ethyl adjacent to an activating group) is 1. The zero-order valence-corrected chi connectivity index (χ0v) is 20.6. The standard InChI is InChI=1S/C29H34N4O2/c1-3-31(4-2)17-19-35-27-16-10-13-24-21-30-29(32-18-20-34-26-15-9-8-14-25(26)32)33(28(24)27)22-23-11-6-5-7-12-23/h5-16,21,29H,3-4,17-20,22H2,1-2H3. The van der Waals surface area contributed by atoms with Crippen LogP contribution in [-0.2, 0) is 6.54 Å². The molecule has 0 amide bonds. The molecule has 3 aromatic carbocycles. The van der Waals surface area contributed by atoms with Crippen LogP contribution in [0.1, 0.15) is 25.0 Å². The van der Waals surface area contributed by atoms with E-state index in [0.29, 0.717) is 13.2 Å². The van der Waals surface area contributed by atoms with Gasteiger partial charge < -0.3 is 24.2 Å². The SMILES string of the molecule is CCN(CC)CCOc1cccc2c1N(Cc1ccccc1)C(N1CCOc3ccccc31)N=C2. The highest BCUT2D eigenvalue weighted by Crippen LogP contribution is 2.40. The van der Waals surface area contributed by atoms with E-state index in [1.54, 1.807) is 0 Å². The number of hydrogen-bond acceptors (Lipinski definition) is 6. The molecule has 0 saturated carbocycles. The van der Waals surface area contributed by atoms with Gasteiger partial charge in [0.1, 0.15) is 24.7 Å². The number of fused-ring (bicyclic) bond motifs is 2. The van der Waals surface area contributed by atoms with E-state index in [9.17, 15) is 0 Å². The van der Waals surface area contributed by atoms with Crippen molar-refractivity contribution in [1.29, 1.82) is 0 Å². The normalized spacial score (nSPS) is 16.6. The van der Waals surface area contributed by atoms with E-state index in [1.807, 2.05) is 18.3 Å². The number of hydrogen-bond donors (Lipinski definition) is 0. The molecule has 6 nitrogen and oxygen atoms in total. The fourth-order valence-electron chi connectivity index (χ4n) is 4.86. The predicted molar refractivity (Wildman–Crippen MR) is 143 cm³/mol. The molecule has 0 radical (unpaired) electrons. The van der Waals surface area contributed by atoms with Gasteiger partial charge in [0.2, 0.25) is 0 Å². The molecule has 2 heterocycles. The zero-order valence-electron chi connectivity index (χ0n) is 20.6. The maximum Gasteiger partial charge on any atom is 0.199 e. The second-order valence-electron chi connectivity index (χ2n) is 8.82. The zero-order chi connectivity index (χ0) is 24.0. The maximum absolute atomic E-state index is 6.42. The molecule has 0 spiro atoms. The van der Waals surface area contributed by atoms with Gasteiger partial charge in [0.25, 0.3) is 0 Å². The summed E-state index contributed by atoms with van der Waals surface area (Å²) in [6.45, 7) is 10.1. The average molecular weight is 471 g/mol. The van der Waals surface area contributed by atoms with Gasteiger partial charge in [-0.1, -0.05) is 68.4 Å². The van der Waals surface area contributed by atoms with Crippen molar-refractivity contribution < 1.29 is 9.47 Å². The molecule has 1 atom stereocenters. The Bertz CT molecular complexity index is 1150. The van der Waals surface area contributed by atoms with Crippen molar-refractivity contribution in [2.75, 3.05) is 49.2 Å². The predicted octanol–water partition coefficient (Wildman–Crippen LogP) is 5.03. The number of rotatable bonds is 9. The van der Waals surface area contributed by atoms with Gasteiger partial charge in [-0.15, -0.1) is 0 Å². The van der Waals surface area contributed by atoms with E-state index in [4.69, 9.17) is 14.5 Å². The molecule has 0 saturated heterocycles. The second kappa shape index (κ2) is 10.8. The van der Waals surface area contributed by atoms with Crippen LogP contribution in [0.25, 0.3) is 0 Å². The van der Waals surface area contributed by atoms with E-state index in [1.165, 1.54) is 5.56 Å². The van der Waals surface area contributed by atoms with Crippen molar-refractivity contribution in [3.05, 3.63) is 83.9 Å². The van der Waals surface area contributed by atoms with Gasteiger partial charge in [-0.3, -0.25) is 0 Å². The monoisotopic (exact) mass is 470 g/mol. The third kappa shape index (κ3) is 4.98. The van der Waals surface area contributed by atoms with Crippen molar-refractivity contribution in [1.82, 2.24) is 4.90 Å². The Morgan fingerprint density at radius 3 is 2.60 bits per heavy atom. The molecular weight excluding hydrogens is 436 g/mol. The summed E-state index contributed by atoms with van der Waals surface area (Å²) in [5.74, 6) is 1.81. The smallest absolute Gasteiger partial charge is 0.199 e. The van der Waals surface area contributed by atoms with Crippen LogP contribution in [0, 0.1) is 0 Å². The highest BCUT2D eigenvalue weighted by Gasteiger charge is 2.34. The molecule has 0 aromatic heterocycles. The summed E-state index contributed by atoms with van der Waals surface area (Å²) in [4.78, 5) is 12.2. The molecule has 1 unspecified atom stereocenters. The molecule has 2 aliphatic rings. The van der Waals surface area contributed by atoms with Gasteiger partial charge in [-0.25, -0.2) is 4.99 Å². The Hall–Kier alpha value is -3.51. The van der Waals surface area contributed by atoms with Gasteiger partial charge >= 0.3 is 0 Å². The maximum atomic E-state index is 6.42. The molecule has 182 valence electrons. The average Bonchev–Trinajstić information content (AvgIpc) is 2.91. The number of benzene rings is 3. The van der Waals surface area contributed by atoms with E-state index < -0.39 is 0 Å². The van der Waals surface area contributed by atoms with Crippen LogP contribution in [0.5, 0.6) is 11.5 Å². The molecule has 6 heteroatoms. The molecule has 2 aliphatic heterocycles. The molecule has 5 rings (SSSR count). The summed E-state index contributed by atoms with van der Waals surface area (Å²) in [5.41, 5.74) is 4.49. The minimum atomic E-state index is -0.194. The van der Waals surface area contributed by atoms with Crippen LogP contribution in [0.3, 0.4) is 0 Å². The van der Waals surface area contributed by atoms with Gasteiger partial charge in [-0.2, -0.15) is 0 Å². The summed E-state index contributed by atoms with van der Waals surface area (Å²) in [7, 11) is 0. The number of ether oxygens (including phenoxy) is 2.